The highest BCUT2D eigenvalue weighted by molar-refractivity contribution is 5.91. The number of ether oxygens (including phenoxy) is 1. The van der Waals surface area contributed by atoms with Gasteiger partial charge in [0.05, 0.1) is 12.0 Å². The van der Waals surface area contributed by atoms with Gasteiger partial charge in [-0.2, -0.15) is 0 Å². The molecule has 0 aliphatic heterocycles. The summed E-state index contributed by atoms with van der Waals surface area (Å²) in [5.41, 5.74) is 6.09. The van der Waals surface area contributed by atoms with Crippen molar-refractivity contribution in [3.8, 4) is 5.75 Å². The second kappa shape index (κ2) is 10.8. The number of nitrogens with zero attached hydrogens (tertiary/aromatic N) is 1. The van der Waals surface area contributed by atoms with E-state index in [1.165, 1.54) is 56.5 Å². The average molecular weight is 446 g/mol. The number of nitro groups is 1. The van der Waals surface area contributed by atoms with E-state index >= 15 is 0 Å². The lowest BCUT2D eigenvalue weighted by Gasteiger charge is -2.22. The van der Waals surface area contributed by atoms with Crippen molar-refractivity contribution in [3.05, 3.63) is 69.5 Å². The summed E-state index contributed by atoms with van der Waals surface area (Å²) in [6.07, 6.45) is -0.132. The van der Waals surface area contributed by atoms with Crippen LogP contribution in [0.3, 0.4) is 0 Å². The van der Waals surface area contributed by atoms with Crippen LogP contribution in [0.5, 0.6) is 5.75 Å². The third kappa shape index (κ3) is 6.76. The third-order valence-electron chi connectivity index (χ3n) is 4.61. The Balaban J connectivity index is 2.24. The molecule has 2 aromatic carbocycles. The number of primary amides is 1. The molecule has 2 aromatic rings. The number of carbonyl (C=O) groups excluding carboxylic acids is 3. The van der Waals surface area contributed by atoms with Gasteiger partial charge in [-0.1, -0.05) is 12.1 Å². The Morgan fingerprint density at radius 1 is 1.09 bits per heavy atom. The molecule has 0 heterocycles. The summed E-state index contributed by atoms with van der Waals surface area (Å²) in [5.74, 6) is -2.23. The molecular weight excluding hydrogens is 423 g/mol. The number of methoxy groups -OCH3 is 1. The minimum atomic E-state index is -1.23. The highest BCUT2D eigenvalue weighted by Gasteiger charge is 2.27. The molecule has 0 saturated carbocycles. The topological polar surface area (TPSA) is 154 Å². The molecule has 3 amide bonds. The number of carbonyl (C=O) groups is 3. The smallest absolute Gasteiger partial charge is 0.269 e. The Hall–Kier alpha value is -4.02. The molecule has 0 bridgehead atoms. The molecule has 32 heavy (non-hydrogen) atoms. The van der Waals surface area contributed by atoms with Gasteiger partial charge in [0.2, 0.25) is 17.7 Å². The predicted octanol–water partition coefficient (Wildman–Crippen LogP) is 1.00. The van der Waals surface area contributed by atoms with Crippen molar-refractivity contribution < 1.29 is 28.4 Å². The number of nitro benzene ring substituents is 1. The molecular formula is C21H23FN4O6. The van der Waals surface area contributed by atoms with Crippen molar-refractivity contribution in [2.45, 2.75) is 31.8 Å². The number of nitrogens with two attached hydrogens (primary N) is 1. The first kappa shape index (κ1) is 24.3. The molecule has 0 aliphatic carbocycles. The van der Waals surface area contributed by atoms with Gasteiger partial charge in [-0.25, -0.2) is 4.39 Å². The minimum absolute atomic E-state index is 0.0390. The number of non-ortho nitro benzene ring substituents is 1. The fourth-order valence-electron chi connectivity index (χ4n) is 3.06. The van der Waals surface area contributed by atoms with Crippen molar-refractivity contribution in [1.29, 1.82) is 0 Å². The highest BCUT2D eigenvalue weighted by atomic mass is 19.1. The van der Waals surface area contributed by atoms with E-state index in [0.717, 1.165) is 0 Å². The van der Waals surface area contributed by atoms with Crippen molar-refractivity contribution in [1.82, 2.24) is 10.6 Å². The van der Waals surface area contributed by atoms with Crippen LogP contribution < -0.4 is 21.1 Å². The van der Waals surface area contributed by atoms with Gasteiger partial charge in [0.25, 0.3) is 5.69 Å². The maximum atomic E-state index is 13.1. The van der Waals surface area contributed by atoms with Crippen molar-refractivity contribution in [3.63, 3.8) is 0 Å². The monoisotopic (exact) mass is 446 g/mol. The Morgan fingerprint density at radius 2 is 1.75 bits per heavy atom. The standard InChI is InChI=1S/C21H23FN4O6/c1-12(27)24-18(9-13-3-5-15(22)6-4-13)21(29)25-17(20(23)28)11-14-10-16(26(30)31)7-8-19(14)32-2/h3-8,10,17-18H,9,11H2,1-2H3,(H2,23,28)(H,24,27)(H,25,29)/t17-,18-/m1/s1. The van der Waals surface area contributed by atoms with Gasteiger partial charge in [-0.15, -0.1) is 0 Å². The molecule has 2 rings (SSSR count). The van der Waals surface area contributed by atoms with Gasteiger partial charge in [0, 0.05) is 37.5 Å². The zero-order valence-corrected chi connectivity index (χ0v) is 17.5. The molecule has 10 nitrogen and oxygen atoms in total. The number of nitrogens with one attached hydrogen (secondary N) is 2. The molecule has 0 aliphatic rings. The van der Waals surface area contributed by atoms with E-state index in [2.05, 4.69) is 10.6 Å². The van der Waals surface area contributed by atoms with Crippen LogP contribution in [-0.2, 0) is 27.2 Å². The molecule has 4 N–H and O–H groups in total. The van der Waals surface area contributed by atoms with Crippen LogP contribution in [0.15, 0.2) is 42.5 Å². The molecule has 11 heteroatoms. The van der Waals surface area contributed by atoms with E-state index in [1.807, 2.05) is 0 Å². The first-order chi connectivity index (χ1) is 15.1. The van der Waals surface area contributed by atoms with Crippen LogP contribution in [0.2, 0.25) is 0 Å². The SMILES string of the molecule is COc1ccc([N+](=O)[O-])cc1C[C@@H](NC(=O)[C@@H](Cc1ccc(F)cc1)NC(C)=O)C(N)=O. The lowest BCUT2D eigenvalue weighted by Crippen LogP contribution is -2.54. The summed E-state index contributed by atoms with van der Waals surface area (Å²) < 4.78 is 18.3. The summed E-state index contributed by atoms with van der Waals surface area (Å²) in [7, 11) is 1.36. The van der Waals surface area contributed by atoms with E-state index in [-0.39, 0.29) is 24.3 Å². The maximum absolute atomic E-state index is 13.1. The third-order valence-corrected chi connectivity index (χ3v) is 4.61. The van der Waals surface area contributed by atoms with E-state index in [0.29, 0.717) is 11.1 Å². The summed E-state index contributed by atoms with van der Waals surface area (Å²) in [4.78, 5) is 46.9. The highest BCUT2D eigenvalue weighted by Crippen LogP contribution is 2.25. The second-order valence-electron chi connectivity index (χ2n) is 7.00. The number of halogens is 1. The number of rotatable bonds is 10. The Kier molecular flexibility index (Phi) is 8.22. The molecule has 0 saturated heterocycles. The number of amides is 3. The van der Waals surface area contributed by atoms with Crippen molar-refractivity contribution in [2.24, 2.45) is 5.73 Å². The minimum Gasteiger partial charge on any atom is -0.496 e. The van der Waals surface area contributed by atoms with Crippen LogP contribution in [0, 0.1) is 15.9 Å². The normalized spacial score (nSPS) is 12.3. The lowest BCUT2D eigenvalue weighted by atomic mass is 10.0. The maximum Gasteiger partial charge on any atom is 0.269 e. The molecule has 0 radical (unpaired) electrons. The Bertz CT molecular complexity index is 1010. The summed E-state index contributed by atoms with van der Waals surface area (Å²) in [6.45, 7) is 1.23. The van der Waals surface area contributed by atoms with Crippen LogP contribution >= 0.6 is 0 Å². The van der Waals surface area contributed by atoms with Crippen molar-refractivity contribution in [2.75, 3.05) is 7.11 Å². The molecule has 2 atom stereocenters. The largest absolute Gasteiger partial charge is 0.496 e. The molecule has 0 spiro atoms. The fraction of sp³-hybridized carbons (Fsp3) is 0.286. The number of benzene rings is 2. The molecule has 0 aromatic heterocycles. The lowest BCUT2D eigenvalue weighted by molar-refractivity contribution is -0.384. The molecule has 0 fully saturated rings. The summed E-state index contributed by atoms with van der Waals surface area (Å²) in [5, 5.41) is 16.0. The van der Waals surface area contributed by atoms with Crippen LogP contribution in [0.25, 0.3) is 0 Å². The zero-order chi connectivity index (χ0) is 23.8. The summed E-state index contributed by atoms with van der Waals surface area (Å²) in [6, 6.07) is 6.93. The quantitative estimate of drug-likeness (QED) is 0.365. The first-order valence-corrected chi connectivity index (χ1v) is 9.53. The van der Waals surface area contributed by atoms with Gasteiger partial charge < -0.3 is 21.1 Å². The zero-order valence-electron chi connectivity index (χ0n) is 17.5. The van der Waals surface area contributed by atoms with E-state index in [1.54, 1.807) is 0 Å². The van der Waals surface area contributed by atoms with E-state index in [9.17, 15) is 28.9 Å². The van der Waals surface area contributed by atoms with Crippen LogP contribution in [0.4, 0.5) is 10.1 Å². The second-order valence-corrected chi connectivity index (χ2v) is 7.00. The van der Waals surface area contributed by atoms with E-state index < -0.39 is 40.5 Å². The fourth-order valence-corrected chi connectivity index (χ4v) is 3.06. The van der Waals surface area contributed by atoms with Crippen LogP contribution in [-0.4, -0.2) is 41.8 Å². The average Bonchev–Trinajstić information content (AvgIpc) is 2.73. The van der Waals surface area contributed by atoms with Crippen LogP contribution in [0.1, 0.15) is 18.1 Å². The predicted molar refractivity (Wildman–Crippen MR) is 112 cm³/mol. The Labute approximate surface area is 183 Å². The van der Waals surface area contributed by atoms with Gasteiger partial charge in [0.1, 0.15) is 23.7 Å². The molecule has 170 valence electrons. The first-order valence-electron chi connectivity index (χ1n) is 9.53. The van der Waals surface area contributed by atoms with Gasteiger partial charge >= 0.3 is 0 Å². The number of hydrogen-bond donors (Lipinski definition) is 3. The van der Waals surface area contributed by atoms with Gasteiger partial charge in [-0.3, -0.25) is 24.5 Å². The Morgan fingerprint density at radius 3 is 2.28 bits per heavy atom. The molecule has 0 unspecified atom stereocenters. The van der Waals surface area contributed by atoms with Gasteiger partial charge in [0.15, 0.2) is 0 Å². The van der Waals surface area contributed by atoms with Crippen molar-refractivity contribution >= 4 is 23.4 Å². The summed E-state index contributed by atoms with van der Waals surface area (Å²) >= 11 is 0. The van der Waals surface area contributed by atoms with E-state index in [4.69, 9.17) is 10.5 Å². The van der Waals surface area contributed by atoms with Gasteiger partial charge in [-0.05, 0) is 23.8 Å². The number of hydrogen-bond acceptors (Lipinski definition) is 6.